The average Bonchev–Trinajstić information content (AvgIpc) is 3.51. The third kappa shape index (κ3) is 4.81. The van der Waals surface area contributed by atoms with E-state index in [1.807, 2.05) is 12.1 Å². The fourth-order valence-corrected chi connectivity index (χ4v) is 6.71. The zero-order valence-electron chi connectivity index (χ0n) is 27.0. The molecule has 8 aromatic rings. The molecule has 0 saturated heterocycles. The smallest absolute Gasteiger partial charge is 0.318 e. The van der Waals surface area contributed by atoms with E-state index >= 15 is 0 Å². The van der Waals surface area contributed by atoms with E-state index in [9.17, 15) is 0 Å². The molecule has 5 aromatic carbocycles. The number of nitrogens with zero attached hydrogens (tertiary/aromatic N) is 3. The van der Waals surface area contributed by atoms with Gasteiger partial charge >= 0.3 is 21.1 Å². The number of rotatable bonds is 3. The standard InChI is InChI=1S/C42H35N3.Pt/c1-26-15-19-38-34(21-26)36-25-37-35-22-27(2)16-20-39(35)45(41(37)43-40(36)44(38)31-12-8-7-9-13-31)32-14-10-11-29(23-32)33-24-30(42(4,5)6)18-17-28(33)3;/h7-12,14-22,24-25H,1-6H3;/q-2;+2. The molecule has 3 nitrogen and oxygen atoms in total. The quantitative estimate of drug-likeness (QED) is 0.164. The van der Waals surface area contributed by atoms with E-state index in [1.54, 1.807) is 0 Å². The molecule has 0 atom stereocenters. The molecule has 0 saturated carbocycles. The maximum atomic E-state index is 5.52. The van der Waals surface area contributed by atoms with Crippen molar-refractivity contribution in [3.63, 3.8) is 0 Å². The Morgan fingerprint density at radius 1 is 0.609 bits per heavy atom. The van der Waals surface area contributed by atoms with Crippen LogP contribution in [0, 0.1) is 32.9 Å². The predicted octanol–water partition coefficient (Wildman–Crippen LogP) is 10.8. The van der Waals surface area contributed by atoms with Crippen LogP contribution in [0.2, 0.25) is 0 Å². The molecule has 0 aliphatic rings. The summed E-state index contributed by atoms with van der Waals surface area (Å²) in [6, 6.07) is 44.4. The van der Waals surface area contributed by atoms with E-state index < -0.39 is 0 Å². The van der Waals surface area contributed by atoms with Crippen molar-refractivity contribution in [3.8, 4) is 22.5 Å². The number of benzene rings is 5. The van der Waals surface area contributed by atoms with E-state index in [-0.39, 0.29) is 26.5 Å². The summed E-state index contributed by atoms with van der Waals surface area (Å²) in [7, 11) is 0. The fraction of sp³-hybridized carbons (Fsp3) is 0.167. The summed E-state index contributed by atoms with van der Waals surface area (Å²) in [4.78, 5) is 5.52. The van der Waals surface area contributed by atoms with Gasteiger partial charge in [-0.05, 0) is 62.2 Å². The first kappa shape index (κ1) is 30.2. The molecule has 0 bridgehead atoms. The minimum Gasteiger partial charge on any atom is -0.318 e. The van der Waals surface area contributed by atoms with Crippen LogP contribution in [0.25, 0.3) is 66.4 Å². The Morgan fingerprint density at radius 3 is 1.85 bits per heavy atom. The minimum absolute atomic E-state index is 0. The van der Waals surface area contributed by atoms with Gasteiger partial charge in [0.05, 0.1) is 11.0 Å². The first-order valence-electron chi connectivity index (χ1n) is 15.7. The normalized spacial score (nSPS) is 12.0. The van der Waals surface area contributed by atoms with Gasteiger partial charge in [-0.25, -0.2) is 4.98 Å². The van der Waals surface area contributed by atoms with Crippen LogP contribution in [0.5, 0.6) is 0 Å². The molecule has 0 radical (unpaired) electrons. The zero-order valence-corrected chi connectivity index (χ0v) is 29.2. The summed E-state index contributed by atoms with van der Waals surface area (Å²) in [6.45, 7) is 13.3. The van der Waals surface area contributed by atoms with Gasteiger partial charge in [-0.3, -0.25) is 0 Å². The van der Waals surface area contributed by atoms with Gasteiger partial charge in [0.1, 0.15) is 11.3 Å². The van der Waals surface area contributed by atoms with Gasteiger partial charge in [0.15, 0.2) is 0 Å². The van der Waals surface area contributed by atoms with Gasteiger partial charge in [0.25, 0.3) is 0 Å². The van der Waals surface area contributed by atoms with Gasteiger partial charge in [-0.2, -0.15) is 24.3 Å². The molecule has 4 heteroatoms. The Balaban J connectivity index is 0.00000338. The summed E-state index contributed by atoms with van der Waals surface area (Å²) in [5.41, 5.74) is 13.5. The number of aryl methyl sites for hydroxylation is 3. The van der Waals surface area contributed by atoms with Crippen molar-refractivity contribution in [2.45, 2.75) is 47.0 Å². The summed E-state index contributed by atoms with van der Waals surface area (Å²) in [6.07, 6.45) is 0. The van der Waals surface area contributed by atoms with Crippen molar-refractivity contribution < 1.29 is 21.1 Å². The number of aromatic nitrogens is 3. The second-order valence-corrected chi connectivity index (χ2v) is 13.4. The summed E-state index contributed by atoms with van der Waals surface area (Å²) in [5, 5.41) is 4.69. The first-order chi connectivity index (χ1) is 21.7. The number of hydrogen-bond acceptors (Lipinski definition) is 1. The van der Waals surface area contributed by atoms with Crippen LogP contribution in [0.1, 0.15) is 43.0 Å². The van der Waals surface area contributed by atoms with E-state index in [2.05, 4.69) is 154 Å². The third-order valence-electron chi connectivity index (χ3n) is 9.12. The van der Waals surface area contributed by atoms with Crippen LogP contribution in [0.15, 0.2) is 103 Å². The molecular weight excluding hydrogens is 742 g/mol. The molecule has 0 aliphatic heterocycles. The summed E-state index contributed by atoms with van der Waals surface area (Å²) in [5.74, 6) is 0. The topological polar surface area (TPSA) is 22.8 Å². The van der Waals surface area contributed by atoms with Crippen LogP contribution in [-0.4, -0.2) is 14.1 Å². The molecule has 8 rings (SSSR count). The SMILES string of the molecule is Cc1ccc2c(c1)c1cc3c4cc(C)ccc4n(-c4[c-]c(-c5cc(C(C)(C)C)ccc5C)ccc4)c3nc1n2-c1[c-]cccc1.[Pt+2]. The Morgan fingerprint density at radius 2 is 1.24 bits per heavy atom. The van der Waals surface area contributed by atoms with Crippen molar-refractivity contribution in [3.05, 3.63) is 138 Å². The molecular formula is C42H35N3Pt. The number of pyridine rings is 1. The van der Waals surface area contributed by atoms with Crippen molar-refractivity contribution in [1.82, 2.24) is 14.1 Å². The van der Waals surface area contributed by atoms with E-state index in [0.717, 1.165) is 50.0 Å². The Kier molecular flexibility index (Phi) is 7.29. The Labute approximate surface area is 284 Å². The first-order valence-corrected chi connectivity index (χ1v) is 15.7. The van der Waals surface area contributed by atoms with Crippen LogP contribution in [0.4, 0.5) is 0 Å². The van der Waals surface area contributed by atoms with Crippen molar-refractivity contribution >= 4 is 43.9 Å². The molecule has 3 heterocycles. The fourth-order valence-electron chi connectivity index (χ4n) is 6.71. The van der Waals surface area contributed by atoms with Crippen LogP contribution >= 0.6 is 0 Å². The van der Waals surface area contributed by atoms with Crippen molar-refractivity contribution in [1.29, 1.82) is 0 Å². The second-order valence-electron chi connectivity index (χ2n) is 13.4. The van der Waals surface area contributed by atoms with E-state index in [4.69, 9.17) is 4.98 Å². The summed E-state index contributed by atoms with van der Waals surface area (Å²) >= 11 is 0. The maximum Gasteiger partial charge on any atom is 2.00 e. The van der Waals surface area contributed by atoms with Gasteiger partial charge in [-0.15, -0.1) is 35.9 Å². The largest absolute Gasteiger partial charge is 2.00 e. The van der Waals surface area contributed by atoms with Crippen molar-refractivity contribution in [2.24, 2.45) is 0 Å². The van der Waals surface area contributed by atoms with Crippen molar-refractivity contribution in [2.75, 3.05) is 0 Å². The van der Waals surface area contributed by atoms with Gasteiger partial charge in [0, 0.05) is 21.5 Å². The third-order valence-corrected chi connectivity index (χ3v) is 9.12. The number of fused-ring (bicyclic) bond motifs is 6. The number of hydrogen-bond donors (Lipinski definition) is 0. The Bertz CT molecular complexity index is 2440. The molecule has 0 spiro atoms. The van der Waals surface area contributed by atoms with E-state index in [0.29, 0.717) is 0 Å². The summed E-state index contributed by atoms with van der Waals surface area (Å²) < 4.78 is 4.54. The van der Waals surface area contributed by atoms with E-state index in [1.165, 1.54) is 38.6 Å². The van der Waals surface area contributed by atoms with Gasteiger partial charge in [-0.1, -0.05) is 84.6 Å². The van der Waals surface area contributed by atoms with Crippen LogP contribution in [-0.2, 0) is 26.5 Å². The Hall–Kier alpha value is -4.46. The average molecular weight is 777 g/mol. The molecule has 0 fully saturated rings. The van der Waals surface area contributed by atoms with Gasteiger partial charge < -0.3 is 9.13 Å². The van der Waals surface area contributed by atoms with Crippen LogP contribution < -0.4 is 0 Å². The van der Waals surface area contributed by atoms with Crippen LogP contribution in [0.3, 0.4) is 0 Å². The van der Waals surface area contributed by atoms with Gasteiger partial charge in [0.2, 0.25) is 0 Å². The maximum absolute atomic E-state index is 5.52. The second kappa shape index (κ2) is 11.1. The monoisotopic (exact) mass is 776 g/mol. The predicted molar refractivity (Wildman–Crippen MR) is 189 cm³/mol. The molecule has 0 N–H and O–H groups in total. The zero-order chi connectivity index (χ0) is 31.0. The molecule has 0 amide bonds. The molecule has 0 aliphatic carbocycles. The molecule has 0 unspecified atom stereocenters. The molecule has 228 valence electrons. The molecule has 46 heavy (non-hydrogen) atoms. The molecule has 3 aromatic heterocycles. The number of para-hydroxylation sites is 1. The minimum atomic E-state index is 0.